The number of aromatic amines is 1. The van der Waals surface area contributed by atoms with Crippen molar-refractivity contribution in [3.63, 3.8) is 0 Å². The normalized spacial score (nSPS) is 9.47. The second-order valence-electron chi connectivity index (χ2n) is 2.91. The van der Waals surface area contributed by atoms with Crippen molar-refractivity contribution >= 4 is 47.3 Å². The zero-order chi connectivity index (χ0) is 9.26. The van der Waals surface area contributed by atoms with Crippen LogP contribution in [0.25, 0.3) is 10.9 Å². The minimum Gasteiger partial charge on any atom is -0.360 e. The van der Waals surface area contributed by atoms with E-state index in [0.717, 1.165) is 17.3 Å². The van der Waals surface area contributed by atoms with Gasteiger partial charge in [-0.05, 0) is 24.6 Å². The zero-order valence-electron chi connectivity index (χ0n) is 7.87. The van der Waals surface area contributed by atoms with E-state index in [4.69, 9.17) is 17.3 Å². The van der Waals surface area contributed by atoms with Gasteiger partial charge in [-0.2, -0.15) is 0 Å². The Hall–Kier alpha value is -0.480. The molecule has 0 unspecified atom stereocenters. The average Bonchev–Trinajstić information content (AvgIpc) is 2.49. The van der Waals surface area contributed by atoms with Gasteiger partial charge in [0.25, 0.3) is 0 Å². The van der Waals surface area contributed by atoms with Gasteiger partial charge in [-0.3, -0.25) is 0 Å². The monoisotopic (exact) mass is 267 g/mol. The number of nitrogens with one attached hydrogen (secondary N) is 1. The van der Waals surface area contributed by atoms with Crippen molar-refractivity contribution in [1.29, 1.82) is 0 Å². The Labute approximate surface area is 105 Å². The molecule has 0 fully saturated rings. The third kappa shape index (κ3) is 2.98. The molecule has 2 rings (SSSR count). The first-order valence-electron chi connectivity index (χ1n) is 4.13. The zero-order valence-corrected chi connectivity index (χ0v) is 10.3. The van der Waals surface area contributed by atoms with Gasteiger partial charge in [-0.25, -0.2) is 4.98 Å². The van der Waals surface area contributed by atoms with Gasteiger partial charge < -0.3 is 10.7 Å². The first-order chi connectivity index (χ1) is 6.31. The fourth-order valence-electron chi connectivity index (χ4n) is 1.42. The number of H-pyrrole nitrogens is 1. The Kier molecular flexibility index (Phi) is 5.98. The number of pyridine rings is 1. The van der Waals surface area contributed by atoms with Gasteiger partial charge in [0.2, 0.25) is 0 Å². The van der Waals surface area contributed by atoms with Crippen molar-refractivity contribution in [3.05, 3.63) is 29.2 Å². The van der Waals surface area contributed by atoms with Gasteiger partial charge in [-0.1, -0.05) is 11.6 Å². The lowest BCUT2D eigenvalue weighted by Crippen LogP contribution is -2.01. The summed E-state index contributed by atoms with van der Waals surface area (Å²) in [6, 6.07) is 1.86. The van der Waals surface area contributed by atoms with Crippen LogP contribution in [0.1, 0.15) is 5.56 Å². The summed E-state index contributed by atoms with van der Waals surface area (Å²) in [6.45, 7) is 0.646. The van der Waals surface area contributed by atoms with Crippen LogP contribution < -0.4 is 5.73 Å². The highest BCUT2D eigenvalue weighted by atomic mass is 35.5. The molecule has 2 heterocycles. The molecule has 0 saturated heterocycles. The van der Waals surface area contributed by atoms with Crippen molar-refractivity contribution in [1.82, 2.24) is 9.97 Å². The van der Waals surface area contributed by atoms with Crippen LogP contribution in [0.5, 0.6) is 0 Å². The molecule has 15 heavy (non-hydrogen) atoms. The second kappa shape index (κ2) is 6.18. The average molecular weight is 269 g/mol. The molecule has 0 aliphatic heterocycles. The summed E-state index contributed by atoms with van der Waals surface area (Å²) in [5.41, 5.74) is 7.69. The van der Waals surface area contributed by atoms with E-state index in [-0.39, 0.29) is 24.8 Å². The molecule has 3 N–H and O–H groups in total. The molecule has 0 bridgehead atoms. The molecule has 6 heteroatoms. The van der Waals surface area contributed by atoms with Gasteiger partial charge in [0.15, 0.2) is 0 Å². The molecule has 2 aromatic heterocycles. The van der Waals surface area contributed by atoms with Crippen LogP contribution in [-0.4, -0.2) is 16.5 Å². The van der Waals surface area contributed by atoms with Crippen molar-refractivity contribution in [2.24, 2.45) is 5.73 Å². The van der Waals surface area contributed by atoms with Gasteiger partial charge >= 0.3 is 0 Å². The summed E-state index contributed by atoms with van der Waals surface area (Å²) in [5.74, 6) is 0. The van der Waals surface area contributed by atoms with Crippen molar-refractivity contribution in [3.8, 4) is 0 Å². The first kappa shape index (κ1) is 14.5. The van der Waals surface area contributed by atoms with Crippen LogP contribution in [0.15, 0.2) is 18.5 Å². The summed E-state index contributed by atoms with van der Waals surface area (Å²) in [5, 5.41) is 1.64. The van der Waals surface area contributed by atoms with Crippen LogP contribution in [0.3, 0.4) is 0 Å². The topological polar surface area (TPSA) is 54.7 Å². The molecule has 0 aliphatic carbocycles. The number of hydrogen-bond donors (Lipinski definition) is 2. The molecule has 0 radical (unpaired) electrons. The van der Waals surface area contributed by atoms with E-state index >= 15 is 0 Å². The van der Waals surface area contributed by atoms with E-state index in [0.29, 0.717) is 11.7 Å². The lowest BCUT2D eigenvalue weighted by atomic mass is 10.1. The summed E-state index contributed by atoms with van der Waals surface area (Å²) in [6.07, 6.45) is 4.55. The molecule has 2 aromatic rings. The van der Waals surface area contributed by atoms with Crippen LogP contribution in [0.4, 0.5) is 0 Å². The molecule has 3 nitrogen and oxygen atoms in total. The Bertz CT molecular complexity index is 427. The lowest BCUT2D eigenvalue weighted by molar-refractivity contribution is 0.976. The quantitative estimate of drug-likeness (QED) is 0.823. The van der Waals surface area contributed by atoms with Crippen LogP contribution in [0, 0.1) is 0 Å². The maximum Gasteiger partial charge on any atom is 0.129 e. The maximum absolute atomic E-state index is 5.79. The van der Waals surface area contributed by atoms with Crippen LogP contribution in [0.2, 0.25) is 5.15 Å². The van der Waals surface area contributed by atoms with Gasteiger partial charge in [0.05, 0.1) is 11.7 Å². The Morgan fingerprint density at radius 1 is 1.40 bits per heavy atom. The van der Waals surface area contributed by atoms with Gasteiger partial charge in [0, 0.05) is 11.6 Å². The summed E-state index contributed by atoms with van der Waals surface area (Å²) in [4.78, 5) is 7.11. The number of aromatic nitrogens is 2. The largest absolute Gasteiger partial charge is 0.360 e. The molecule has 0 saturated carbocycles. The molecular formula is C9H12Cl3N3. The van der Waals surface area contributed by atoms with E-state index in [9.17, 15) is 0 Å². The van der Waals surface area contributed by atoms with Crippen LogP contribution in [-0.2, 0) is 6.42 Å². The third-order valence-corrected chi connectivity index (χ3v) is 2.24. The highest BCUT2D eigenvalue weighted by Gasteiger charge is 2.03. The van der Waals surface area contributed by atoms with Gasteiger partial charge in [0.1, 0.15) is 5.15 Å². The van der Waals surface area contributed by atoms with E-state index in [1.54, 1.807) is 6.20 Å². The minimum absolute atomic E-state index is 0. The molecule has 0 amide bonds. The Morgan fingerprint density at radius 3 is 2.80 bits per heavy atom. The van der Waals surface area contributed by atoms with E-state index in [2.05, 4.69) is 9.97 Å². The predicted octanol–water partition coefficient (Wildman–Crippen LogP) is 2.56. The number of fused-ring (bicyclic) bond motifs is 1. The summed E-state index contributed by atoms with van der Waals surface area (Å²) >= 11 is 5.79. The number of nitrogens with two attached hydrogens (primary N) is 1. The molecule has 84 valence electrons. The highest BCUT2D eigenvalue weighted by molar-refractivity contribution is 6.30. The number of rotatable bonds is 2. The van der Waals surface area contributed by atoms with E-state index in [1.165, 1.54) is 5.56 Å². The number of halogens is 3. The number of hydrogen-bond acceptors (Lipinski definition) is 2. The van der Waals surface area contributed by atoms with E-state index in [1.807, 2.05) is 12.3 Å². The standard InChI is InChI=1S/C9H10ClN3.2ClH/c10-9-3-7-6(1-2-11)4-12-8(7)5-13-9;;/h3-5,12H,1-2,11H2;2*1H. The van der Waals surface area contributed by atoms with Crippen molar-refractivity contribution < 1.29 is 0 Å². The third-order valence-electron chi connectivity index (χ3n) is 2.03. The highest BCUT2D eigenvalue weighted by Crippen LogP contribution is 2.20. The second-order valence-corrected chi connectivity index (χ2v) is 3.29. The fraction of sp³-hybridized carbons (Fsp3) is 0.222. The fourth-order valence-corrected chi connectivity index (χ4v) is 1.57. The maximum atomic E-state index is 5.79. The first-order valence-corrected chi connectivity index (χ1v) is 4.50. The van der Waals surface area contributed by atoms with Crippen molar-refractivity contribution in [2.45, 2.75) is 6.42 Å². The van der Waals surface area contributed by atoms with Gasteiger partial charge in [-0.15, -0.1) is 24.8 Å². The Morgan fingerprint density at radius 2 is 2.13 bits per heavy atom. The van der Waals surface area contributed by atoms with E-state index < -0.39 is 0 Å². The summed E-state index contributed by atoms with van der Waals surface area (Å²) < 4.78 is 0. The lowest BCUT2D eigenvalue weighted by Gasteiger charge is -1.95. The molecule has 0 aliphatic rings. The van der Waals surface area contributed by atoms with Crippen LogP contribution >= 0.6 is 36.4 Å². The summed E-state index contributed by atoms with van der Waals surface area (Å²) in [7, 11) is 0. The molecule has 0 aromatic carbocycles. The minimum atomic E-state index is 0. The smallest absolute Gasteiger partial charge is 0.129 e. The molecule has 0 atom stereocenters. The predicted molar refractivity (Wildman–Crippen MR) is 68.4 cm³/mol. The molecular weight excluding hydrogens is 256 g/mol. The van der Waals surface area contributed by atoms with Crippen molar-refractivity contribution in [2.75, 3.05) is 6.54 Å². The number of nitrogens with zero attached hydrogens (tertiary/aromatic N) is 1. The SMILES string of the molecule is Cl.Cl.NCCc1c[nH]c2cnc(Cl)cc12. The molecule has 0 spiro atoms. The Balaban J connectivity index is 0.000000980.